The zero-order chi connectivity index (χ0) is 26.1. The predicted octanol–water partition coefficient (Wildman–Crippen LogP) is 5.42. The number of pyridine rings is 2. The average Bonchev–Trinajstić information content (AvgIpc) is 3.51. The molecule has 37 heavy (non-hydrogen) atoms. The van der Waals surface area contributed by atoms with E-state index in [4.69, 9.17) is 9.72 Å². The maximum atomic E-state index is 12.4. The van der Waals surface area contributed by atoms with Gasteiger partial charge in [0.1, 0.15) is 17.5 Å². The van der Waals surface area contributed by atoms with Gasteiger partial charge in [0.05, 0.1) is 34.9 Å². The van der Waals surface area contributed by atoms with Gasteiger partial charge in [-0.2, -0.15) is 15.5 Å². The summed E-state index contributed by atoms with van der Waals surface area (Å²) in [6.45, 7) is 9.01. The Balaban J connectivity index is 1.54. The molecule has 9 heteroatoms. The number of nitriles is 1. The highest BCUT2D eigenvalue weighted by Crippen LogP contribution is 2.40. The minimum absolute atomic E-state index is 0.157. The van der Waals surface area contributed by atoms with Crippen molar-refractivity contribution in [1.82, 2.24) is 24.4 Å². The second-order valence-corrected chi connectivity index (χ2v) is 9.14. The molecule has 0 spiro atoms. The minimum Gasteiger partial charge on any atom is -0.437 e. The SMILES string of the molecule is C=N/C(=C\C=C(C)C)Oc1ccc2c(-c3ccc(C(C)=O)c(-n4nc(C5CC5)cc4C#N)n3)cnn2c1. The maximum absolute atomic E-state index is 12.4. The van der Waals surface area contributed by atoms with Crippen LogP contribution in [0.5, 0.6) is 5.75 Å². The van der Waals surface area contributed by atoms with Gasteiger partial charge in [0.25, 0.3) is 0 Å². The van der Waals surface area contributed by atoms with Gasteiger partial charge < -0.3 is 4.74 Å². The standard InChI is InChI=1S/C28H25N7O2/c1-17(2)5-12-27(30-4)37-21-8-11-26-23(15-31-34(26)16-21)24-10-9-22(18(3)36)28(32-24)35-20(14-29)13-25(33-35)19-6-7-19/h5,8-13,15-16,19H,4,6-7H2,1-3H3/b27-12+. The van der Waals surface area contributed by atoms with E-state index in [-0.39, 0.29) is 5.78 Å². The van der Waals surface area contributed by atoms with Crippen LogP contribution in [0.1, 0.15) is 61.3 Å². The number of allylic oxidation sites excluding steroid dienone is 3. The monoisotopic (exact) mass is 491 g/mol. The number of carbonyl (C=O) groups is 1. The van der Waals surface area contributed by atoms with Crippen LogP contribution in [-0.2, 0) is 0 Å². The number of fused-ring (bicyclic) bond motifs is 1. The quantitative estimate of drug-likeness (QED) is 0.141. The van der Waals surface area contributed by atoms with E-state index < -0.39 is 0 Å². The smallest absolute Gasteiger partial charge is 0.218 e. The molecule has 0 bridgehead atoms. The molecular weight excluding hydrogens is 466 g/mol. The van der Waals surface area contributed by atoms with Crippen LogP contribution in [0.15, 0.2) is 71.3 Å². The first-order valence-corrected chi connectivity index (χ1v) is 11.9. The van der Waals surface area contributed by atoms with Crippen LogP contribution in [-0.4, -0.2) is 36.9 Å². The zero-order valence-electron chi connectivity index (χ0n) is 20.8. The molecule has 9 nitrogen and oxygen atoms in total. The van der Waals surface area contributed by atoms with Crippen LogP contribution in [0, 0.1) is 11.3 Å². The average molecular weight is 492 g/mol. The Morgan fingerprint density at radius 3 is 2.70 bits per heavy atom. The number of rotatable bonds is 8. The van der Waals surface area contributed by atoms with Crippen LogP contribution in [0.3, 0.4) is 0 Å². The van der Waals surface area contributed by atoms with Crippen LogP contribution in [0.2, 0.25) is 0 Å². The number of nitrogens with zero attached hydrogens (tertiary/aromatic N) is 7. The lowest BCUT2D eigenvalue weighted by molar-refractivity contribution is 0.101. The van der Waals surface area contributed by atoms with E-state index in [1.165, 1.54) is 11.6 Å². The molecule has 4 heterocycles. The van der Waals surface area contributed by atoms with Crippen LogP contribution in [0.25, 0.3) is 22.6 Å². The first-order valence-electron chi connectivity index (χ1n) is 11.9. The molecule has 0 N–H and O–H groups in total. The summed E-state index contributed by atoms with van der Waals surface area (Å²) < 4.78 is 9.01. The first-order chi connectivity index (χ1) is 17.9. The van der Waals surface area contributed by atoms with E-state index in [1.807, 2.05) is 32.1 Å². The molecule has 4 aromatic rings. The third kappa shape index (κ3) is 4.82. The van der Waals surface area contributed by atoms with Gasteiger partial charge in [0.2, 0.25) is 5.88 Å². The van der Waals surface area contributed by atoms with E-state index in [2.05, 4.69) is 28.0 Å². The lowest BCUT2D eigenvalue weighted by atomic mass is 10.1. The van der Waals surface area contributed by atoms with Gasteiger partial charge in [-0.3, -0.25) is 4.79 Å². The van der Waals surface area contributed by atoms with Gasteiger partial charge in [-0.05, 0) is 70.7 Å². The molecule has 0 atom stereocenters. The predicted molar refractivity (Wildman–Crippen MR) is 140 cm³/mol. The molecule has 0 unspecified atom stereocenters. The second kappa shape index (κ2) is 9.66. The van der Waals surface area contributed by atoms with Gasteiger partial charge in [0.15, 0.2) is 11.6 Å². The summed E-state index contributed by atoms with van der Waals surface area (Å²) >= 11 is 0. The van der Waals surface area contributed by atoms with Gasteiger partial charge in [-0.15, -0.1) is 0 Å². The normalized spacial score (nSPS) is 13.3. The Morgan fingerprint density at radius 2 is 2.03 bits per heavy atom. The summed E-state index contributed by atoms with van der Waals surface area (Å²) in [5, 5.41) is 18.8. The highest BCUT2D eigenvalue weighted by Gasteiger charge is 2.28. The lowest BCUT2D eigenvalue weighted by Gasteiger charge is -2.10. The van der Waals surface area contributed by atoms with E-state index in [9.17, 15) is 10.1 Å². The van der Waals surface area contributed by atoms with Crippen molar-refractivity contribution in [3.63, 3.8) is 0 Å². The van der Waals surface area contributed by atoms with Crippen LogP contribution >= 0.6 is 0 Å². The molecule has 1 aliphatic rings. The van der Waals surface area contributed by atoms with Gasteiger partial charge >= 0.3 is 0 Å². The summed E-state index contributed by atoms with van der Waals surface area (Å²) in [6.07, 6.45) is 9.20. The summed E-state index contributed by atoms with van der Waals surface area (Å²) in [5.41, 5.74) is 4.87. The molecule has 0 aliphatic heterocycles. The number of ketones is 1. The summed E-state index contributed by atoms with van der Waals surface area (Å²) in [7, 11) is 0. The molecule has 1 fully saturated rings. The fraction of sp³-hybridized carbons (Fsp3) is 0.214. The van der Waals surface area contributed by atoms with Gasteiger partial charge in [-0.25, -0.2) is 19.2 Å². The summed E-state index contributed by atoms with van der Waals surface area (Å²) in [6, 6.07) is 11.2. The number of carbonyl (C=O) groups excluding carboxylic acids is 1. The molecule has 1 aliphatic carbocycles. The van der Waals surface area contributed by atoms with Gasteiger partial charge in [-0.1, -0.05) is 11.6 Å². The Morgan fingerprint density at radius 1 is 1.22 bits per heavy atom. The third-order valence-electron chi connectivity index (χ3n) is 6.00. The largest absolute Gasteiger partial charge is 0.437 e. The maximum Gasteiger partial charge on any atom is 0.218 e. The highest BCUT2D eigenvalue weighted by atomic mass is 16.5. The van der Waals surface area contributed by atoms with Crippen molar-refractivity contribution < 1.29 is 9.53 Å². The molecular formula is C28H25N7O2. The molecule has 0 amide bonds. The Bertz CT molecular complexity index is 1640. The second-order valence-electron chi connectivity index (χ2n) is 9.14. The number of hydrogen-bond acceptors (Lipinski definition) is 7. The van der Waals surface area contributed by atoms with Crippen molar-refractivity contribution in [3.05, 3.63) is 83.3 Å². The van der Waals surface area contributed by atoms with E-state index in [0.717, 1.165) is 35.2 Å². The minimum atomic E-state index is -0.157. The number of aliphatic imine (C=N–C) groups is 1. The van der Waals surface area contributed by atoms with Crippen LogP contribution in [0.4, 0.5) is 0 Å². The first kappa shape index (κ1) is 23.9. The fourth-order valence-corrected chi connectivity index (χ4v) is 3.95. The Hall–Kier alpha value is -4.84. The molecule has 1 saturated carbocycles. The summed E-state index contributed by atoms with van der Waals surface area (Å²) in [4.78, 5) is 21.1. The van der Waals surface area contributed by atoms with Crippen LogP contribution < -0.4 is 4.74 Å². The van der Waals surface area contributed by atoms with E-state index >= 15 is 0 Å². The molecule has 0 radical (unpaired) electrons. The highest BCUT2D eigenvalue weighted by molar-refractivity contribution is 5.97. The molecule has 0 saturated heterocycles. The number of Topliss-reactive ketones (excluding diaryl/α,β-unsaturated/α-hetero) is 1. The lowest BCUT2D eigenvalue weighted by Crippen LogP contribution is -2.10. The molecule has 184 valence electrons. The fourth-order valence-electron chi connectivity index (χ4n) is 3.95. The van der Waals surface area contributed by atoms with Crippen molar-refractivity contribution in [2.45, 2.75) is 39.5 Å². The van der Waals surface area contributed by atoms with Crippen molar-refractivity contribution in [2.75, 3.05) is 0 Å². The Labute approximate surface area is 214 Å². The molecule has 0 aromatic carbocycles. The van der Waals surface area contributed by atoms with Crippen molar-refractivity contribution in [3.8, 4) is 28.9 Å². The zero-order valence-corrected chi connectivity index (χ0v) is 20.8. The van der Waals surface area contributed by atoms with Crippen molar-refractivity contribution >= 4 is 18.0 Å². The summed E-state index contributed by atoms with van der Waals surface area (Å²) in [5.74, 6) is 1.46. The van der Waals surface area contributed by atoms with E-state index in [1.54, 1.807) is 41.2 Å². The van der Waals surface area contributed by atoms with E-state index in [0.29, 0.717) is 40.3 Å². The molecule has 5 rings (SSSR count). The number of ether oxygens (including phenoxy) is 1. The van der Waals surface area contributed by atoms with Gasteiger partial charge in [0, 0.05) is 17.6 Å². The Kier molecular flexibility index (Phi) is 6.24. The van der Waals surface area contributed by atoms with Crippen molar-refractivity contribution in [2.24, 2.45) is 4.99 Å². The third-order valence-corrected chi connectivity index (χ3v) is 6.00. The van der Waals surface area contributed by atoms with Crippen molar-refractivity contribution in [1.29, 1.82) is 5.26 Å². The number of hydrogen-bond donors (Lipinski definition) is 0. The molecule has 4 aromatic heterocycles. The topological polar surface area (TPSA) is 110 Å². The number of aromatic nitrogens is 5.